The van der Waals surface area contributed by atoms with E-state index in [0.29, 0.717) is 0 Å². The number of hydrogen-bond acceptors (Lipinski definition) is 4. The molecule has 0 aromatic rings. The lowest BCUT2D eigenvalue weighted by atomic mass is 10.1. The van der Waals surface area contributed by atoms with Crippen LogP contribution in [-0.2, 0) is 19.1 Å². The van der Waals surface area contributed by atoms with Crippen molar-refractivity contribution in [3.8, 4) is 11.8 Å². The molecule has 0 heterocycles. The van der Waals surface area contributed by atoms with Gasteiger partial charge in [-0.3, -0.25) is 9.59 Å². The van der Waals surface area contributed by atoms with Crippen molar-refractivity contribution in [2.45, 2.75) is 142 Å². The Bertz CT molecular complexity index is 489. The lowest BCUT2D eigenvalue weighted by molar-refractivity contribution is -0.152. The van der Waals surface area contributed by atoms with E-state index in [1.807, 2.05) is 6.92 Å². The van der Waals surface area contributed by atoms with Gasteiger partial charge in [0, 0.05) is 6.42 Å². The highest BCUT2D eigenvalue weighted by atomic mass is 16.5. The molecular weight excluding hydrogens is 388 g/mol. The molecule has 4 heteroatoms. The van der Waals surface area contributed by atoms with Gasteiger partial charge in [0.25, 0.3) is 0 Å². The summed E-state index contributed by atoms with van der Waals surface area (Å²) >= 11 is 0. The van der Waals surface area contributed by atoms with Gasteiger partial charge in [0.05, 0.1) is 18.9 Å². The number of ether oxygens (including phenoxy) is 2. The van der Waals surface area contributed by atoms with Crippen molar-refractivity contribution in [2.75, 3.05) is 6.61 Å². The van der Waals surface area contributed by atoms with Crippen LogP contribution in [0.25, 0.3) is 0 Å². The molecule has 0 aliphatic heterocycles. The molecule has 0 saturated heterocycles. The minimum atomic E-state index is -0.387. The van der Waals surface area contributed by atoms with Gasteiger partial charge in [0.1, 0.15) is 0 Å². The van der Waals surface area contributed by atoms with Crippen LogP contribution in [0.3, 0.4) is 0 Å². The third-order valence-corrected chi connectivity index (χ3v) is 5.42. The molecule has 0 rings (SSSR count). The molecule has 0 amide bonds. The number of unbranched alkanes of at least 4 members (excludes halogenated alkanes) is 13. The Hall–Kier alpha value is -1.50. The topological polar surface area (TPSA) is 52.6 Å². The fourth-order valence-electron chi connectivity index (χ4n) is 3.43. The average molecular weight is 437 g/mol. The molecule has 0 bridgehead atoms. The van der Waals surface area contributed by atoms with E-state index in [-0.39, 0.29) is 37.5 Å². The van der Waals surface area contributed by atoms with Gasteiger partial charge in [0.15, 0.2) is 6.61 Å². The Balaban J connectivity index is 3.56. The summed E-state index contributed by atoms with van der Waals surface area (Å²) in [4.78, 5) is 23.6. The molecule has 0 saturated carbocycles. The molecule has 180 valence electrons. The third-order valence-electron chi connectivity index (χ3n) is 5.42. The quantitative estimate of drug-likeness (QED) is 0.112. The van der Waals surface area contributed by atoms with Gasteiger partial charge in [0.2, 0.25) is 0 Å². The first-order valence-electron chi connectivity index (χ1n) is 12.9. The zero-order valence-electron chi connectivity index (χ0n) is 20.6. The van der Waals surface area contributed by atoms with Crippen LogP contribution >= 0.6 is 0 Å². The minimum Gasteiger partial charge on any atom is -0.463 e. The zero-order valence-corrected chi connectivity index (χ0v) is 20.6. The standard InChI is InChI=1S/C27H48O4/c1-4-6-8-10-12-13-14-15-16-18-20-24-30-26(28)22-23-27(29)31-25(3)21-19-17-11-9-7-5-2/h25H,4-17,19,21-24H2,1-3H3. The highest BCUT2D eigenvalue weighted by Crippen LogP contribution is 2.11. The Labute approximate surface area is 192 Å². The molecular formula is C27H48O4. The molecule has 0 N–H and O–H groups in total. The molecule has 31 heavy (non-hydrogen) atoms. The second kappa shape index (κ2) is 23.2. The van der Waals surface area contributed by atoms with E-state index in [0.717, 1.165) is 25.7 Å². The van der Waals surface area contributed by atoms with Crippen molar-refractivity contribution in [1.82, 2.24) is 0 Å². The normalized spacial score (nSPS) is 11.5. The van der Waals surface area contributed by atoms with Crippen molar-refractivity contribution in [3.63, 3.8) is 0 Å². The number of esters is 2. The van der Waals surface area contributed by atoms with Crippen molar-refractivity contribution >= 4 is 11.9 Å². The lowest BCUT2D eigenvalue weighted by Gasteiger charge is -2.13. The highest BCUT2D eigenvalue weighted by Gasteiger charge is 2.12. The van der Waals surface area contributed by atoms with Crippen LogP contribution in [0.15, 0.2) is 0 Å². The molecule has 1 unspecified atom stereocenters. The molecule has 0 aromatic carbocycles. The molecule has 0 fully saturated rings. The van der Waals surface area contributed by atoms with Crippen LogP contribution in [0.2, 0.25) is 0 Å². The fourth-order valence-corrected chi connectivity index (χ4v) is 3.43. The Morgan fingerprint density at radius 1 is 0.677 bits per heavy atom. The summed E-state index contributed by atoms with van der Waals surface area (Å²) in [5.74, 6) is 5.24. The van der Waals surface area contributed by atoms with Crippen LogP contribution < -0.4 is 0 Å². The van der Waals surface area contributed by atoms with Gasteiger partial charge >= 0.3 is 11.9 Å². The zero-order chi connectivity index (χ0) is 23.0. The molecule has 0 aromatic heterocycles. The molecule has 0 radical (unpaired) electrons. The number of carbonyl (C=O) groups is 2. The highest BCUT2D eigenvalue weighted by molar-refractivity contribution is 5.77. The van der Waals surface area contributed by atoms with E-state index in [2.05, 4.69) is 25.7 Å². The second-order valence-electron chi connectivity index (χ2n) is 8.60. The van der Waals surface area contributed by atoms with Gasteiger partial charge < -0.3 is 9.47 Å². The number of rotatable bonds is 20. The first-order valence-corrected chi connectivity index (χ1v) is 12.9. The maximum atomic E-state index is 11.8. The third kappa shape index (κ3) is 23.0. The smallest absolute Gasteiger partial charge is 0.307 e. The van der Waals surface area contributed by atoms with Gasteiger partial charge in [-0.05, 0) is 26.2 Å². The van der Waals surface area contributed by atoms with Crippen molar-refractivity contribution in [2.24, 2.45) is 0 Å². The number of hydrogen-bond donors (Lipinski definition) is 0. The Kier molecular flexibility index (Phi) is 22.0. The van der Waals surface area contributed by atoms with Crippen LogP contribution in [0, 0.1) is 11.8 Å². The van der Waals surface area contributed by atoms with Crippen molar-refractivity contribution in [3.05, 3.63) is 0 Å². The summed E-state index contributed by atoms with van der Waals surface area (Å²) in [6, 6.07) is 0. The Morgan fingerprint density at radius 2 is 1.19 bits per heavy atom. The predicted octanol–water partition coefficient (Wildman–Crippen LogP) is 7.53. The van der Waals surface area contributed by atoms with Crippen LogP contribution in [0.1, 0.15) is 136 Å². The summed E-state index contributed by atoms with van der Waals surface area (Å²) in [5.41, 5.74) is 0. The van der Waals surface area contributed by atoms with Gasteiger partial charge in [-0.1, -0.05) is 103 Å². The summed E-state index contributed by atoms with van der Waals surface area (Å²) in [6.07, 6.45) is 19.4. The van der Waals surface area contributed by atoms with E-state index < -0.39 is 0 Å². The second-order valence-corrected chi connectivity index (χ2v) is 8.60. The Morgan fingerprint density at radius 3 is 1.81 bits per heavy atom. The van der Waals surface area contributed by atoms with Crippen LogP contribution in [0.5, 0.6) is 0 Å². The summed E-state index contributed by atoms with van der Waals surface area (Å²) in [6.45, 7) is 6.48. The SMILES string of the molecule is CCCCCCCCCCC#CCOC(=O)CCC(=O)OC(C)CCCCCCCC. The summed E-state index contributed by atoms with van der Waals surface area (Å²) in [5, 5.41) is 0. The van der Waals surface area contributed by atoms with Crippen LogP contribution in [0.4, 0.5) is 0 Å². The molecule has 0 aliphatic carbocycles. The summed E-state index contributed by atoms with van der Waals surface area (Å²) < 4.78 is 10.4. The summed E-state index contributed by atoms with van der Waals surface area (Å²) in [7, 11) is 0. The first-order chi connectivity index (χ1) is 15.1. The first kappa shape index (κ1) is 29.5. The van der Waals surface area contributed by atoms with E-state index in [1.165, 1.54) is 77.0 Å². The van der Waals surface area contributed by atoms with E-state index in [1.54, 1.807) is 0 Å². The largest absolute Gasteiger partial charge is 0.463 e. The van der Waals surface area contributed by atoms with Crippen molar-refractivity contribution < 1.29 is 19.1 Å². The van der Waals surface area contributed by atoms with Gasteiger partial charge in [-0.15, -0.1) is 0 Å². The maximum absolute atomic E-state index is 11.8. The predicted molar refractivity (Wildman–Crippen MR) is 129 cm³/mol. The lowest BCUT2D eigenvalue weighted by Crippen LogP contribution is -2.16. The monoisotopic (exact) mass is 436 g/mol. The molecule has 4 nitrogen and oxygen atoms in total. The molecule has 1 atom stereocenters. The van der Waals surface area contributed by atoms with Gasteiger partial charge in [-0.25, -0.2) is 0 Å². The molecule has 0 spiro atoms. The maximum Gasteiger partial charge on any atom is 0.307 e. The minimum absolute atomic E-state index is 0.0578. The van der Waals surface area contributed by atoms with E-state index >= 15 is 0 Å². The van der Waals surface area contributed by atoms with Crippen LogP contribution in [-0.4, -0.2) is 24.6 Å². The average Bonchev–Trinajstić information content (AvgIpc) is 2.75. The van der Waals surface area contributed by atoms with E-state index in [4.69, 9.17) is 9.47 Å². The molecule has 0 aliphatic rings. The number of carbonyl (C=O) groups excluding carboxylic acids is 2. The fraction of sp³-hybridized carbons (Fsp3) is 0.852. The van der Waals surface area contributed by atoms with Gasteiger partial charge in [-0.2, -0.15) is 0 Å². The van der Waals surface area contributed by atoms with E-state index in [9.17, 15) is 9.59 Å². The van der Waals surface area contributed by atoms with Crippen molar-refractivity contribution in [1.29, 1.82) is 0 Å².